The van der Waals surface area contributed by atoms with Gasteiger partial charge in [-0.2, -0.15) is 0 Å². The van der Waals surface area contributed by atoms with Crippen LogP contribution in [0.15, 0.2) is 49.1 Å². The minimum atomic E-state index is 0.371. The molecule has 4 heteroatoms. The van der Waals surface area contributed by atoms with E-state index in [1.165, 1.54) is 27.9 Å². The van der Waals surface area contributed by atoms with Crippen LogP contribution in [-0.2, 0) is 25.2 Å². The quantitative estimate of drug-likeness (QED) is 0.189. The van der Waals surface area contributed by atoms with Gasteiger partial charge in [-0.1, -0.05) is 0 Å². The van der Waals surface area contributed by atoms with E-state index in [4.69, 9.17) is 11.6 Å². The molecule has 186 valence electrons. The summed E-state index contributed by atoms with van der Waals surface area (Å²) in [6, 6.07) is 13.2. The minimum absolute atomic E-state index is 0.371. The number of benzene rings is 2. The molecule has 3 rings (SSSR count). The van der Waals surface area contributed by atoms with E-state index >= 15 is 0 Å². The third kappa shape index (κ3) is 4.86. The first-order valence-electron chi connectivity index (χ1n) is 12.4. The summed E-state index contributed by atoms with van der Waals surface area (Å²) in [6.07, 6.45) is 2.62. The summed E-state index contributed by atoms with van der Waals surface area (Å²) in [5, 5.41) is 0.731. The molecular formula is C30H39ClN2Pd. The zero-order valence-corrected chi connectivity index (χ0v) is 24.2. The third-order valence-electron chi connectivity index (χ3n) is 6.50. The summed E-state index contributed by atoms with van der Waals surface area (Å²) in [5.41, 5.74) is 8.85. The number of imidazole rings is 1. The van der Waals surface area contributed by atoms with E-state index in [1.54, 1.807) is 0 Å². The fraction of sp³-hybridized carbons (Fsp3) is 0.433. The molecule has 34 heavy (non-hydrogen) atoms. The molecular weight excluding hydrogens is 530 g/mol. The monoisotopic (exact) mass is 568 g/mol. The first kappa shape index (κ1) is 26.9. The van der Waals surface area contributed by atoms with Gasteiger partial charge in [0.15, 0.2) is 0 Å². The second kappa shape index (κ2) is 10.9. The Hall–Kier alpha value is -1.66. The number of aromatic nitrogens is 2. The molecule has 0 N–H and O–H groups in total. The van der Waals surface area contributed by atoms with Crippen LogP contribution >= 0.6 is 11.6 Å². The summed E-state index contributed by atoms with van der Waals surface area (Å²) in [4.78, 5) is 0. The third-order valence-corrected chi connectivity index (χ3v) is 7.58. The number of hydrogen-bond donors (Lipinski definition) is 0. The van der Waals surface area contributed by atoms with Gasteiger partial charge in [0, 0.05) is 0 Å². The van der Waals surface area contributed by atoms with Crippen LogP contribution in [0.3, 0.4) is 0 Å². The predicted octanol–water partition coefficient (Wildman–Crippen LogP) is 9.22. The molecule has 0 spiro atoms. The summed E-state index contributed by atoms with van der Waals surface area (Å²) in [5.74, 6) is 1.63. The summed E-state index contributed by atoms with van der Waals surface area (Å²) < 4.78 is 5.46. The van der Waals surface area contributed by atoms with Crippen molar-refractivity contribution < 1.29 is 18.7 Å². The molecule has 2 aromatic carbocycles. The molecule has 0 fully saturated rings. The van der Waals surface area contributed by atoms with Crippen molar-refractivity contribution in [2.24, 2.45) is 0 Å². The van der Waals surface area contributed by atoms with Crippen molar-refractivity contribution in [1.82, 2.24) is 9.13 Å². The molecule has 0 aliphatic carbocycles. The molecule has 2 nitrogen and oxygen atoms in total. The summed E-state index contributed by atoms with van der Waals surface area (Å²) >= 11 is 10.8. The number of halogens is 1. The van der Waals surface area contributed by atoms with Gasteiger partial charge >= 0.3 is 222 Å². The van der Waals surface area contributed by atoms with Crippen LogP contribution in [0.1, 0.15) is 107 Å². The zero-order valence-electron chi connectivity index (χ0n) is 21.9. The van der Waals surface area contributed by atoms with Crippen molar-refractivity contribution in [1.29, 1.82) is 0 Å². The first-order valence-corrected chi connectivity index (χ1v) is 13.5. The van der Waals surface area contributed by atoms with Gasteiger partial charge in [-0.05, 0) is 0 Å². The predicted molar refractivity (Wildman–Crippen MR) is 144 cm³/mol. The van der Waals surface area contributed by atoms with E-state index in [0.29, 0.717) is 30.1 Å². The van der Waals surface area contributed by atoms with Crippen LogP contribution < -0.4 is 0 Å². The second-order valence-corrected chi connectivity index (χ2v) is 11.4. The first-order chi connectivity index (χ1) is 16.0. The molecule has 3 aromatic rings. The molecule has 1 heterocycles. The summed E-state index contributed by atoms with van der Waals surface area (Å²) in [7, 11) is 0. The van der Waals surface area contributed by atoms with Crippen LogP contribution in [0.5, 0.6) is 0 Å². The molecule has 0 saturated heterocycles. The van der Waals surface area contributed by atoms with Crippen molar-refractivity contribution in [2.75, 3.05) is 0 Å². The maximum absolute atomic E-state index is 7.21. The number of rotatable bonds is 8. The molecule has 0 amide bonds. The number of nitrogens with zero attached hydrogens (tertiary/aromatic N) is 2. The van der Waals surface area contributed by atoms with Gasteiger partial charge in [0.05, 0.1) is 0 Å². The Kier molecular flexibility index (Phi) is 8.67. The molecule has 0 aliphatic heterocycles. The van der Waals surface area contributed by atoms with E-state index in [-0.39, 0.29) is 0 Å². The SMILES string of the molecule is C=CCc1c(Cl)n(-c2cccc(C(C)C)c2C(C)C)[c](=[Pd])n1-c1cccc(C(C)C)c1C(C)C. The fourth-order valence-electron chi connectivity index (χ4n) is 5.04. The second-order valence-electron chi connectivity index (χ2n) is 10.3. The van der Waals surface area contributed by atoms with Crippen molar-refractivity contribution in [3.8, 4) is 11.4 Å². The average Bonchev–Trinajstić information content (AvgIpc) is 3.01. The van der Waals surface area contributed by atoms with Crippen LogP contribution in [0.25, 0.3) is 11.4 Å². The Bertz CT molecular complexity index is 1240. The average molecular weight is 570 g/mol. The maximum atomic E-state index is 7.21. The number of allylic oxidation sites excluding steroid dienone is 1. The Labute approximate surface area is 221 Å². The van der Waals surface area contributed by atoms with Crippen LogP contribution in [0.4, 0.5) is 0 Å². The molecule has 0 bridgehead atoms. The van der Waals surface area contributed by atoms with Crippen LogP contribution in [0, 0.1) is 3.89 Å². The molecule has 0 saturated carbocycles. The van der Waals surface area contributed by atoms with E-state index in [9.17, 15) is 0 Å². The van der Waals surface area contributed by atoms with Gasteiger partial charge in [-0.25, -0.2) is 0 Å². The zero-order chi connectivity index (χ0) is 25.3. The Morgan fingerprint density at radius 1 is 0.765 bits per heavy atom. The topological polar surface area (TPSA) is 9.86 Å². The van der Waals surface area contributed by atoms with Gasteiger partial charge in [-0.15, -0.1) is 0 Å². The molecule has 0 atom stereocenters. The fourth-order valence-corrected chi connectivity index (χ4v) is 6.23. The van der Waals surface area contributed by atoms with Gasteiger partial charge in [0.25, 0.3) is 0 Å². The number of hydrogen-bond acceptors (Lipinski definition) is 0. The Morgan fingerprint density at radius 2 is 1.21 bits per heavy atom. The molecule has 1 aromatic heterocycles. The van der Waals surface area contributed by atoms with E-state index < -0.39 is 0 Å². The van der Waals surface area contributed by atoms with Crippen molar-refractivity contribution in [3.05, 3.63) is 86.0 Å². The molecule has 0 aliphatic rings. The molecule has 0 unspecified atom stereocenters. The molecule has 0 radical (unpaired) electrons. The van der Waals surface area contributed by atoms with Crippen LogP contribution in [-0.4, -0.2) is 9.13 Å². The van der Waals surface area contributed by atoms with Crippen molar-refractivity contribution >= 4 is 11.6 Å². The van der Waals surface area contributed by atoms with Crippen molar-refractivity contribution in [2.45, 2.75) is 85.5 Å². The van der Waals surface area contributed by atoms with Gasteiger partial charge in [0.2, 0.25) is 0 Å². The summed E-state index contributed by atoms with van der Waals surface area (Å²) in [6.45, 7) is 22.2. The Balaban J connectivity index is 2.47. The van der Waals surface area contributed by atoms with Crippen molar-refractivity contribution in [3.63, 3.8) is 0 Å². The normalized spacial score (nSPS) is 12.0. The van der Waals surface area contributed by atoms with Gasteiger partial charge in [0.1, 0.15) is 0 Å². The van der Waals surface area contributed by atoms with E-state index in [1.807, 2.05) is 6.08 Å². The van der Waals surface area contributed by atoms with Gasteiger partial charge in [-0.3, -0.25) is 0 Å². The van der Waals surface area contributed by atoms with Gasteiger partial charge < -0.3 is 0 Å². The van der Waals surface area contributed by atoms with E-state index in [2.05, 4.69) is 126 Å². The standard InChI is InChI=1S/C30H39ClN2.Pd/c1-10-13-27-30(31)33(26-17-12-15-24(20(4)5)29(26)22(8)9)18-32(27)25-16-11-14-23(19(2)3)28(25)21(6)7;/h10-12,14-17,19-22H,1,13H2,2-9H3;. The Morgan fingerprint density at radius 3 is 1.59 bits per heavy atom. The van der Waals surface area contributed by atoms with E-state index in [0.717, 1.165) is 20.4 Å². The van der Waals surface area contributed by atoms with Crippen LogP contribution in [0.2, 0.25) is 5.15 Å².